The highest BCUT2D eigenvalue weighted by Gasteiger charge is 2.24. The van der Waals surface area contributed by atoms with Crippen LogP contribution in [0.2, 0.25) is 0 Å². The molecule has 1 fully saturated rings. The van der Waals surface area contributed by atoms with Crippen LogP contribution in [0.25, 0.3) is 0 Å². The zero-order chi connectivity index (χ0) is 8.55. The Morgan fingerprint density at radius 3 is 2.67 bits per heavy atom. The zero-order valence-electron chi connectivity index (χ0n) is 7.75. The van der Waals surface area contributed by atoms with Gasteiger partial charge in [0.2, 0.25) is 0 Å². The molecule has 0 amide bonds. The number of aryl methyl sites for hydroxylation is 1. The first-order valence-electron chi connectivity index (χ1n) is 4.51. The molecule has 1 heterocycles. The highest BCUT2D eigenvalue weighted by atomic mass is 15.2. The fourth-order valence-electron chi connectivity index (χ4n) is 1.83. The predicted molar refractivity (Wildman–Crippen MR) is 51.4 cm³/mol. The van der Waals surface area contributed by atoms with E-state index in [4.69, 9.17) is 0 Å². The highest BCUT2D eigenvalue weighted by molar-refractivity contribution is 5.27. The third-order valence-corrected chi connectivity index (χ3v) is 2.58. The minimum Gasteiger partial charge on any atom is -0.305 e. The van der Waals surface area contributed by atoms with Gasteiger partial charge in [0.1, 0.15) is 0 Å². The van der Waals surface area contributed by atoms with Gasteiger partial charge >= 0.3 is 0 Å². The number of benzene rings is 1. The van der Waals surface area contributed by atoms with E-state index < -0.39 is 0 Å². The molecule has 1 nitrogen and oxygen atoms in total. The van der Waals surface area contributed by atoms with E-state index in [1.54, 1.807) is 0 Å². The van der Waals surface area contributed by atoms with E-state index >= 15 is 0 Å². The summed E-state index contributed by atoms with van der Waals surface area (Å²) in [5.74, 6) is 0.787. The summed E-state index contributed by atoms with van der Waals surface area (Å²) in [6.45, 7) is 4.61. The summed E-state index contributed by atoms with van der Waals surface area (Å²) in [4.78, 5) is 2.35. The van der Waals surface area contributed by atoms with Crippen molar-refractivity contribution in [2.24, 2.45) is 0 Å². The molecule has 0 unspecified atom stereocenters. The van der Waals surface area contributed by atoms with E-state index in [0.717, 1.165) is 5.92 Å². The maximum atomic E-state index is 2.35. The number of hydrogen-bond donors (Lipinski definition) is 0. The van der Waals surface area contributed by atoms with E-state index in [9.17, 15) is 0 Å². The van der Waals surface area contributed by atoms with Gasteiger partial charge in [0.05, 0.1) is 0 Å². The Kier molecular flexibility index (Phi) is 1.89. The molecule has 0 spiro atoms. The Morgan fingerprint density at radius 2 is 2.08 bits per heavy atom. The molecular formula is C11H15N. The van der Waals surface area contributed by atoms with Gasteiger partial charge in [-0.25, -0.2) is 0 Å². The zero-order valence-corrected chi connectivity index (χ0v) is 7.75. The lowest BCUT2D eigenvalue weighted by Gasteiger charge is -2.36. The van der Waals surface area contributed by atoms with Crippen LogP contribution in [-0.4, -0.2) is 25.0 Å². The predicted octanol–water partition coefficient (Wildman–Crippen LogP) is 2.02. The molecule has 0 bridgehead atoms. The van der Waals surface area contributed by atoms with E-state index in [1.165, 1.54) is 24.2 Å². The third-order valence-electron chi connectivity index (χ3n) is 2.58. The van der Waals surface area contributed by atoms with Gasteiger partial charge in [-0.15, -0.1) is 0 Å². The lowest BCUT2D eigenvalue weighted by Crippen LogP contribution is -2.41. The van der Waals surface area contributed by atoms with Gasteiger partial charge in [0.15, 0.2) is 0 Å². The average Bonchev–Trinajstić information content (AvgIpc) is 1.99. The van der Waals surface area contributed by atoms with Crippen molar-refractivity contribution in [2.45, 2.75) is 12.8 Å². The van der Waals surface area contributed by atoms with Gasteiger partial charge in [0.25, 0.3) is 0 Å². The summed E-state index contributed by atoms with van der Waals surface area (Å²) < 4.78 is 0. The van der Waals surface area contributed by atoms with Gasteiger partial charge in [-0.3, -0.25) is 0 Å². The van der Waals surface area contributed by atoms with E-state index in [-0.39, 0.29) is 0 Å². The van der Waals surface area contributed by atoms with Crippen molar-refractivity contribution in [3.63, 3.8) is 0 Å². The summed E-state index contributed by atoms with van der Waals surface area (Å²) in [6, 6.07) is 8.86. The molecule has 1 aliphatic heterocycles. The number of likely N-dealkylation sites (N-methyl/N-ethyl adjacent to an activating group) is 1. The maximum Gasteiger partial charge on any atom is 0.00934 e. The van der Waals surface area contributed by atoms with Crippen molar-refractivity contribution in [3.8, 4) is 0 Å². The van der Waals surface area contributed by atoms with E-state index in [0.29, 0.717) is 0 Å². The van der Waals surface area contributed by atoms with Crippen molar-refractivity contribution in [1.82, 2.24) is 4.90 Å². The van der Waals surface area contributed by atoms with Gasteiger partial charge < -0.3 is 4.90 Å². The molecule has 1 heteroatoms. The minimum atomic E-state index is 0.787. The SMILES string of the molecule is Cc1cccc(C2CN(C)C2)c1. The highest BCUT2D eigenvalue weighted by Crippen LogP contribution is 2.25. The monoisotopic (exact) mass is 161 g/mol. The van der Waals surface area contributed by atoms with Gasteiger partial charge in [-0.05, 0) is 19.5 Å². The molecule has 0 aromatic heterocycles. The summed E-state index contributed by atoms with van der Waals surface area (Å²) >= 11 is 0. The number of nitrogens with zero attached hydrogens (tertiary/aromatic N) is 1. The molecular weight excluding hydrogens is 146 g/mol. The first-order valence-corrected chi connectivity index (χ1v) is 4.51. The summed E-state index contributed by atoms with van der Waals surface area (Å²) in [6.07, 6.45) is 0. The smallest absolute Gasteiger partial charge is 0.00934 e. The molecule has 64 valence electrons. The van der Waals surface area contributed by atoms with Crippen molar-refractivity contribution in [2.75, 3.05) is 20.1 Å². The third kappa shape index (κ3) is 1.37. The van der Waals surface area contributed by atoms with E-state index in [1.807, 2.05) is 0 Å². The van der Waals surface area contributed by atoms with Gasteiger partial charge in [-0.2, -0.15) is 0 Å². The summed E-state index contributed by atoms with van der Waals surface area (Å²) in [5, 5.41) is 0. The molecule has 1 aromatic carbocycles. The van der Waals surface area contributed by atoms with Crippen molar-refractivity contribution < 1.29 is 0 Å². The van der Waals surface area contributed by atoms with Crippen LogP contribution in [0.3, 0.4) is 0 Å². The Hall–Kier alpha value is -0.820. The summed E-state index contributed by atoms with van der Waals surface area (Å²) in [7, 11) is 2.17. The molecule has 1 aromatic rings. The Labute approximate surface area is 74.0 Å². The normalized spacial score (nSPS) is 19.2. The second-order valence-corrected chi connectivity index (χ2v) is 3.83. The Morgan fingerprint density at radius 1 is 1.33 bits per heavy atom. The van der Waals surface area contributed by atoms with Crippen LogP contribution >= 0.6 is 0 Å². The van der Waals surface area contributed by atoms with Gasteiger partial charge in [0, 0.05) is 19.0 Å². The molecule has 0 saturated carbocycles. The second-order valence-electron chi connectivity index (χ2n) is 3.83. The molecule has 0 atom stereocenters. The Balaban J connectivity index is 2.13. The average molecular weight is 161 g/mol. The van der Waals surface area contributed by atoms with Crippen LogP contribution in [-0.2, 0) is 0 Å². The standard InChI is InChI=1S/C11H15N/c1-9-4-3-5-10(6-9)11-7-12(2)8-11/h3-6,11H,7-8H2,1-2H3. The molecule has 2 rings (SSSR count). The second kappa shape index (κ2) is 2.91. The van der Waals surface area contributed by atoms with Crippen LogP contribution < -0.4 is 0 Å². The number of rotatable bonds is 1. The number of hydrogen-bond acceptors (Lipinski definition) is 1. The number of likely N-dealkylation sites (tertiary alicyclic amines) is 1. The van der Waals surface area contributed by atoms with Crippen LogP contribution in [0.5, 0.6) is 0 Å². The molecule has 1 saturated heterocycles. The van der Waals surface area contributed by atoms with Crippen molar-refractivity contribution in [3.05, 3.63) is 35.4 Å². The lowest BCUT2D eigenvalue weighted by atomic mass is 9.91. The van der Waals surface area contributed by atoms with Gasteiger partial charge in [-0.1, -0.05) is 29.8 Å². The minimum absolute atomic E-state index is 0.787. The molecule has 0 aliphatic carbocycles. The lowest BCUT2D eigenvalue weighted by molar-refractivity contribution is 0.189. The van der Waals surface area contributed by atoms with Crippen LogP contribution in [0.15, 0.2) is 24.3 Å². The first-order chi connectivity index (χ1) is 5.75. The quantitative estimate of drug-likeness (QED) is 0.609. The van der Waals surface area contributed by atoms with Crippen molar-refractivity contribution in [1.29, 1.82) is 0 Å². The van der Waals surface area contributed by atoms with Crippen LogP contribution in [0.4, 0.5) is 0 Å². The van der Waals surface area contributed by atoms with Crippen molar-refractivity contribution >= 4 is 0 Å². The van der Waals surface area contributed by atoms with Crippen LogP contribution in [0, 0.1) is 6.92 Å². The topological polar surface area (TPSA) is 3.24 Å². The van der Waals surface area contributed by atoms with Crippen LogP contribution in [0.1, 0.15) is 17.0 Å². The van der Waals surface area contributed by atoms with E-state index in [2.05, 4.69) is 43.1 Å². The molecule has 1 aliphatic rings. The molecule has 12 heavy (non-hydrogen) atoms. The summed E-state index contributed by atoms with van der Waals surface area (Å²) in [5.41, 5.74) is 2.88. The maximum absolute atomic E-state index is 2.35. The molecule has 0 radical (unpaired) electrons. The Bertz CT molecular complexity index is 274. The first kappa shape index (κ1) is 7.81. The fraction of sp³-hybridized carbons (Fsp3) is 0.455. The fourth-order valence-corrected chi connectivity index (χ4v) is 1.83. The largest absolute Gasteiger partial charge is 0.305 e. The molecule has 0 N–H and O–H groups in total.